The molecule has 0 aliphatic heterocycles. The number of hydrogen-bond donors (Lipinski definition) is 6. The molecule has 7 aromatic heterocycles. The van der Waals surface area contributed by atoms with Gasteiger partial charge in [-0.2, -0.15) is 20.4 Å². The van der Waals surface area contributed by atoms with Gasteiger partial charge in [0.2, 0.25) is 0 Å². The summed E-state index contributed by atoms with van der Waals surface area (Å²) in [5, 5.41) is 38.1. The fourth-order valence-electron chi connectivity index (χ4n) is 6.87. The lowest BCUT2D eigenvalue weighted by molar-refractivity contribution is 0.324. The summed E-state index contributed by atoms with van der Waals surface area (Å²) in [5.41, 5.74) is 8.93. The molecule has 59 heavy (non-hydrogen) atoms. The first-order valence-electron chi connectivity index (χ1n) is 18.4. The van der Waals surface area contributed by atoms with Crippen LogP contribution in [0.2, 0.25) is 0 Å². The third kappa shape index (κ3) is 6.75. The van der Waals surface area contributed by atoms with Crippen molar-refractivity contribution in [2.24, 2.45) is 0 Å². The summed E-state index contributed by atoms with van der Waals surface area (Å²) >= 11 is 0. The molecule has 0 aliphatic carbocycles. The van der Waals surface area contributed by atoms with E-state index in [1.54, 1.807) is 38.0 Å². The lowest BCUT2D eigenvalue weighted by atomic mass is 10.0. The van der Waals surface area contributed by atoms with E-state index < -0.39 is 0 Å². The average molecular weight is 781 g/mol. The van der Waals surface area contributed by atoms with E-state index in [0.717, 1.165) is 39.3 Å². The average Bonchev–Trinajstić information content (AvgIpc) is 4.13. The maximum Gasteiger partial charge on any atom is 0.186 e. The fraction of sp³-hybridized carbons (Fsp3) is 0.0732. The molecule has 0 saturated carbocycles. The second-order valence-electron chi connectivity index (χ2n) is 13.2. The summed E-state index contributed by atoms with van der Waals surface area (Å²) in [6, 6.07) is 25.5. The molecule has 0 spiro atoms. The molecule has 0 fully saturated rings. The smallest absolute Gasteiger partial charge is 0.186 e. The fourth-order valence-corrected chi connectivity index (χ4v) is 6.87. The summed E-state index contributed by atoms with van der Waals surface area (Å²) in [7, 11) is 1.64. The van der Waals surface area contributed by atoms with Crippen LogP contribution in [0.4, 0.5) is 23.0 Å². The van der Waals surface area contributed by atoms with Crippen molar-refractivity contribution in [2.45, 2.75) is 6.42 Å². The molecule has 0 bridgehead atoms. The predicted molar refractivity (Wildman–Crippen MR) is 220 cm³/mol. The van der Waals surface area contributed by atoms with Crippen LogP contribution >= 0.6 is 0 Å². The van der Waals surface area contributed by atoms with E-state index in [4.69, 9.17) is 9.47 Å². The topological polar surface area (TPSA) is 235 Å². The van der Waals surface area contributed by atoms with Crippen molar-refractivity contribution in [2.75, 3.05) is 24.4 Å². The van der Waals surface area contributed by atoms with Gasteiger partial charge in [-0.25, -0.2) is 29.9 Å². The number of aromatic amines is 4. The molecular formula is C41H32N16O2. The molecule has 0 unspecified atom stereocenters. The zero-order valence-electron chi connectivity index (χ0n) is 31.2. The molecule has 10 rings (SSSR count). The number of methoxy groups -OCH3 is 1. The van der Waals surface area contributed by atoms with Gasteiger partial charge >= 0.3 is 0 Å². The van der Waals surface area contributed by atoms with Crippen LogP contribution < -0.4 is 20.1 Å². The largest absolute Gasteiger partial charge is 0.495 e. The Morgan fingerprint density at radius 1 is 0.576 bits per heavy atom. The van der Waals surface area contributed by atoms with Crippen LogP contribution in [0.15, 0.2) is 116 Å². The minimum atomic E-state index is 0.295. The summed E-state index contributed by atoms with van der Waals surface area (Å²) < 4.78 is 12.2. The summed E-state index contributed by atoms with van der Waals surface area (Å²) in [6.07, 6.45) is 10.3. The van der Waals surface area contributed by atoms with Gasteiger partial charge in [0.05, 0.1) is 64.8 Å². The van der Waals surface area contributed by atoms with Gasteiger partial charge in [-0.1, -0.05) is 36.4 Å². The van der Waals surface area contributed by atoms with Crippen molar-refractivity contribution in [3.8, 4) is 56.8 Å². The van der Waals surface area contributed by atoms with E-state index in [0.29, 0.717) is 81.1 Å². The number of anilines is 4. The van der Waals surface area contributed by atoms with Gasteiger partial charge in [0, 0.05) is 36.1 Å². The highest BCUT2D eigenvalue weighted by atomic mass is 16.5. The molecule has 6 N–H and O–H groups in total. The molecule has 18 heteroatoms. The highest BCUT2D eigenvalue weighted by Gasteiger charge is 2.21. The van der Waals surface area contributed by atoms with Crippen LogP contribution in [-0.4, -0.2) is 84.4 Å². The molecule has 18 nitrogen and oxygen atoms in total. The maximum absolute atomic E-state index is 6.50. The first-order valence-corrected chi connectivity index (χ1v) is 18.4. The van der Waals surface area contributed by atoms with Crippen molar-refractivity contribution in [3.05, 3.63) is 122 Å². The Hall–Kier alpha value is -8.54. The van der Waals surface area contributed by atoms with Crippen molar-refractivity contribution >= 4 is 45.1 Å². The molecule has 7 heterocycles. The van der Waals surface area contributed by atoms with Gasteiger partial charge in [0.15, 0.2) is 17.1 Å². The van der Waals surface area contributed by atoms with Gasteiger partial charge < -0.3 is 20.1 Å². The third-order valence-electron chi connectivity index (χ3n) is 9.68. The first-order chi connectivity index (χ1) is 29.2. The Kier molecular flexibility index (Phi) is 8.99. The normalized spacial score (nSPS) is 11.3. The molecule has 0 atom stereocenters. The van der Waals surface area contributed by atoms with Gasteiger partial charge in [0.25, 0.3) is 0 Å². The number of ether oxygens (including phenoxy) is 2. The number of fused-ring (bicyclic) bond motifs is 2. The zero-order chi connectivity index (χ0) is 39.5. The van der Waals surface area contributed by atoms with Gasteiger partial charge in [-0.05, 0) is 53.6 Å². The van der Waals surface area contributed by atoms with Crippen molar-refractivity contribution < 1.29 is 9.47 Å². The van der Waals surface area contributed by atoms with E-state index in [-0.39, 0.29) is 0 Å². The van der Waals surface area contributed by atoms with E-state index in [1.165, 1.54) is 12.7 Å². The molecule has 0 amide bonds. The van der Waals surface area contributed by atoms with E-state index >= 15 is 0 Å². The standard InChI is InChI=1S/C41H32N16O2/c1-58-30-10-8-24(23-6-3-2-4-7-23)18-28(30)50-39-33-36(55-57-41(33)47-22-45-39)34-26(20-49-53-34)13-17-59-31-11-9-25(37-42-14-5-15-43-37)19-29(31)51-38-32-35(27-12-16-48-52-27)54-56-40(32)46-21-44-38/h2-12,14-16,18-22H,13,17H2,1H3,(H,48,52)(H,49,53)(H2,44,46,51,54,56)(H2,45,47,50,55,57). The number of nitrogens with one attached hydrogen (secondary N) is 6. The molecule has 0 radical (unpaired) electrons. The Morgan fingerprint density at radius 3 is 2.02 bits per heavy atom. The Morgan fingerprint density at radius 2 is 1.27 bits per heavy atom. The lowest BCUT2D eigenvalue weighted by Crippen LogP contribution is -2.05. The maximum atomic E-state index is 6.50. The van der Waals surface area contributed by atoms with E-state index in [9.17, 15) is 0 Å². The van der Waals surface area contributed by atoms with Gasteiger partial charge in [-0.3, -0.25) is 20.4 Å². The number of H-pyrrole nitrogens is 4. The number of nitrogens with zero attached hydrogens (tertiary/aromatic N) is 10. The van der Waals surface area contributed by atoms with Gasteiger partial charge in [-0.15, -0.1) is 0 Å². The van der Waals surface area contributed by atoms with Crippen LogP contribution in [-0.2, 0) is 6.42 Å². The number of aromatic nitrogens is 14. The minimum absolute atomic E-state index is 0.295. The molecule has 3 aromatic carbocycles. The molecule has 0 saturated heterocycles. The minimum Gasteiger partial charge on any atom is -0.495 e. The van der Waals surface area contributed by atoms with Crippen LogP contribution in [0.25, 0.3) is 67.4 Å². The van der Waals surface area contributed by atoms with E-state index in [1.807, 2.05) is 60.7 Å². The monoisotopic (exact) mass is 780 g/mol. The SMILES string of the molecule is COc1ccc(-c2ccccc2)cc1Nc1ncnc2n[nH]c(-c3[nH]ncc3CCOc3ccc(-c4ncccn4)cc3Nc3ncnc4n[nH]c(-c5ccn[nH]5)c34)c12. The Bertz CT molecular complexity index is 3040. The van der Waals surface area contributed by atoms with Crippen LogP contribution in [0.5, 0.6) is 11.5 Å². The number of benzene rings is 3. The van der Waals surface area contributed by atoms with Crippen molar-refractivity contribution in [1.82, 2.24) is 70.7 Å². The second kappa shape index (κ2) is 15.2. The number of hydrogen-bond acceptors (Lipinski definition) is 14. The van der Waals surface area contributed by atoms with Gasteiger partial charge in [0.1, 0.15) is 35.8 Å². The van der Waals surface area contributed by atoms with Crippen LogP contribution in [0.1, 0.15) is 5.56 Å². The molecule has 10 aromatic rings. The van der Waals surface area contributed by atoms with E-state index in [2.05, 4.69) is 93.5 Å². The lowest BCUT2D eigenvalue weighted by Gasteiger charge is -2.15. The molecule has 0 aliphatic rings. The van der Waals surface area contributed by atoms with Crippen LogP contribution in [0, 0.1) is 0 Å². The van der Waals surface area contributed by atoms with Crippen molar-refractivity contribution in [3.63, 3.8) is 0 Å². The highest BCUT2D eigenvalue weighted by molar-refractivity contribution is 6.00. The summed E-state index contributed by atoms with van der Waals surface area (Å²) in [5.74, 6) is 2.86. The number of rotatable bonds is 13. The molecule has 288 valence electrons. The van der Waals surface area contributed by atoms with Crippen molar-refractivity contribution in [1.29, 1.82) is 0 Å². The summed E-state index contributed by atoms with van der Waals surface area (Å²) in [6.45, 7) is 0.295. The molecular weight excluding hydrogens is 749 g/mol. The Balaban J connectivity index is 0.941. The first kappa shape index (κ1) is 34.9. The quantitative estimate of drug-likeness (QED) is 0.0689. The summed E-state index contributed by atoms with van der Waals surface area (Å²) in [4.78, 5) is 26.9. The Labute approximate surface area is 334 Å². The third-order valence-corrected chi connectivity index (χ3v) is 9.68. The second-order valence-corrected chi connectivity index (χ2v) is 13.2. The van der Waals surface area contributed by atoms with Crippen LogP contribution in [0.3, 0.4) is 0 Å². The highest BCUT2D eigenvalue weighted by Crippen LogP contribution is 2.38. The zero-order valence-corrected chi connectivity index (χ0v) is 31.2. The predicted octanol–water partition coefficient (Wildman–Crippen LogP) is 7.04.